The lowest BCUT2D eigenvalue weighted by Gasteiger charge is -2.19. The first kappa shape index (κ1) is 19.9. The zero-order valence-corrected chi connectivity index (χ0v) is 16.5. The molecule has 0 radical (unpaired) electrons. The molecule has 0 aliphatic carbocycles. The molecule has 0 amide bonds. The molecule has 0 saturated carbocycles. The number of aromatic nitrogens is 1. The van der Waals surface area contributed by atoms with Crippen LogP contribution in [0.25, 0.3) is 0 Å². The molecule has 2 aromatic carbocycles. The molecule has 0 unspecified atom stereocenters. The van der Waals surface area contributed by atoms with Gasteiger partial charge < -0.3 is 22.0 Å². The largest absolute Gasteiger partial charge is 1.00 e. The zero-order valence-electron chi connectivity index (χ0n) is 15.0. The molecule has 0 aliphatic rings. The minimum absolute atomic E-state index is 0. The fraction of sp³-hybridized carbons (Fsp3) is 0.211. The summed E-state index contributed by atoms with van der Waals surface area (Å²) in [6.45, 7) is 0.868. The fourth-order valence-electron chi connectivity index (χ4n) is 2.41. The Hall–Kier alpha value is -2.44. The van der Waals surface area contributed by atoms with E-state index < -0.39 is 0 Å². The van der Waals surface area contributed by atoms with Crippen molar-refractivity contribution >= 4 is 27.8 Å². The molecule has 0 bridgehead atoms. The minimum Gasteiger partial charge on any atom is -1.00 e. The molecule has 136 valence electrons. The summed E-state index contributed by atoms with van der Waals surface area (Å²) < 4.78 is 7.11. The molecule has 3 aromatic rings. The van der Waals surface area contributed by atoms with Crippen molar-refractivity contribution in [2.75, 3.05) is 19.1 Å². The van der Waals surface area contributed by atoms with Crippen LogP contribution in [0.4, 0.5) is 16.5 Å². The van der Waals surface area contributed by atoms with Gasteiger partial charge in [-0.15, -0.1) is 0 Å². The number of methoxy groups -OCH3 is 1. The summed E-state index contributed by atoms with van der Waals surface area (Å²) in [7, 11) is 5.66. The average molecular weight is 389 g/mol. The molecule has 0 saturated heterocycles. The average Bonchev–Trinajstić information content (AvgIpc) is 3.01. The summed E-state index contributed by atoms with van der Waals surface area (Å²) in [5.74, 6) is 0. The maximum absolute atomic E-state index is 5.21. The Morgan fingerprint density at radius 3 is 2.35 bits per heavy atom. The third kappa shape index (κ3) is 5.03. The van der Waals surface area contributed by atoms with E-state index in [0.717, 1.165) is 28.1 Å². The summed E-state index contributed by atoms with van der Waals surface area (Å²) in [5, 5.41) is 10.2. The first-order chi connectivity index (χ1) is 12.2. The van der Waals surface area contributed by atoms with Crippen LogP contribution in [0.1, 0.15) is 5.56 Å². The van der Waals surface area contributed by atoms with E-state index in [1.807, 2.05) is 36.0 Å². The lowest BCUT2D eigenvalue weighted by Crippen LogP contribution is -3.00. The molecule has 0 fully saturated rings. The summed E-state index contributed by atoms with van der Waals surface area (Å²) in [6.07, 6.45) is 1.89. The Kier molecular flexibility index (Phi) is 7.12. The SMILES string of the molecule is COc1c[n+](C)c(/N=N/c2ccc(N(C)Cc3ccccc3)cc2)s1.[Cl-]. The van der Waals surface area contributed by atoms with Crippen molar-refractivity contribution in [2.24, 2.45) is 17.3 Å². The standard InChI is InChI=1S/C19H21N4OS.ClH/c1-22(13-15-7-5-4-6-8-15)17-11-9-16(10-12-17)20-21-19-23(2)14-18(24-3)25-19;/h4-12,14H,13H2,1-3H3;1H/q+1;/p-1. The van der Waals surface area contributed by atoms with E-state index in [-0.39, 0.29) is 12.4 Å². The van der Waals surface area contributed by atoms with Gasteiger partial charge in [-0.05, 0) is 46.3 Å². The highest BCUT2D eigenvalue weighted by atomic mass is 35.5. The summed E-state index contributed by atoms with van der Waals surface area (Å²) in [5.41, 5.74) is 3.25. The van der Waals surface area contributed by atoms with Crippen molar-refractivity contribution in [2.45, 2.75) is 6.54 Å². The third-order valence-electron chi connectivity index (χ3n) is 3.80. The van der Waals surface area contributed by atoms with Crippen molar-refractivity contribution in [3.8, 4) is 5.06 Å². The molecule has 0 atom stereocenters. The number of anilines is 1. The van der Waals surface area contributed by atoms with Crippen LogP contribution in [0.3, 0.4) is 0 Å². The van der Waals surface area contributed by atoms with Gasteiger partial charge in [0.15, 0.2) is 0 Å². The number of azo groups is 1. The first-order valence-electron chi connectivity index (χ1n) is 7.96. The molecule has 1 aromatic heterocycles. The van der Waals surface area contributed by atoms with E-state index in [0.29, 0.717) is 0 Å². The van der Waals surface area contributed by atoms with Crippen LogP contribution in [0, 0.1) is 0 Å². The van der Waals surface area contributed by atoms with Gasteiger partial charge in [-0.25, -0.2) is 4.57 Å². The van der Waals surface area contributed by atoms with Gasteiger partial charge in [-0.3, -0.25) is 0 Å². The number of halogens is 1. The van der Waals surface area contributed by atoms with Crippen molar-refractivity contribution in [3.05, 3.63) is 66.4 Å². The van der Waals surface area contributed by atoms with Crippen LogP contribution in [-0.2, 0) is 13.6 Å². The Morgan fingerprint density at radius 2 is 1.73 bits per heavy atom. The predicted octanol–water partition coefficient (Wildman–Crippen LogP) is 1.64. The highest BCUT2D eigenvalue weighted by molar-refractivity contribution is 7.16. The zero-order chi connectivity index (χ0) is 17.6. The lowest BCUT2D eigenvalue weighted by molar-refractivity contribution is -0.654. The van der Waals surface area contributed by atoms with Crippen LogP contribution in [0.2, 0.25) is 0 Å². The second-order valence-electron chi connectivity index (χ2n) is 5.71. The molecular weight excluding hydrogens is 368 g/mol. The monoisotopic (exact) mass is 388 g/mol. The molecule has 7 heteroatoms. The Balaban J connectivity index is 0.00000243. The van der Waals surface area contributed by atoms with E-state index in [1.165, 1.54) is 16.9 Å². The number of thiazole rings is 1. The smallest absolute Gasteiger partial charge is 0.411 e. The quantitative estimate of drug-likeness (QED) is 0.476. The van der Waals surface area contributed by atoms with Crippen LogP contribution in [-0.4, -0.2) is 14.2 Å². The molecule has 3 rings (SSSR count). The molecule has 5 nitrogen and oxygen atoms in total. The van der Waals surface area contributed by atoms with Gasteiger partial charge in [0.1, 0.15) is 11.9 Å². The van der Waals surface area contributed by atoms with E-state index in [2.05, 4.69) is 58.6 Å². The van der Waals surface area contributed by atoms with Gasteiger partial charge in [0.2, 0.25) is 5.06 Å². The van der Waals surface area contributed by atoms with Crippen LogP contribution >= 0.6 is 11.3 Å². The lowest BCUT2D eigenvalue weighted by atomic mass is 10.2. The highest BCUT2D eigenvalue weighted by Gasteiger charge is 2.13. The summed E-state index contributed by atoms with van der Waals surface area (Å²) >= 11 is 1.46. The van der Waals surface area contributed by atoms with Gasteiger partial charge in [0.25, 0.3) is 0 Å². The Bertz CT molecular complexity index is 850. The number of hydrogen-bond acceptors (Lipinski definition) is 5. The number of rotatable bonds is 6. The van der Waals surface area contributed by atoms with Gasteiger partial charge >= 0.3 is 5.13 Å². The molecular formula is C19H21ClN4OS. The van der Waals surface area contributed by atoms with Gasteiger partial charge in [-0.1, -0.05) is 30.3 Å². The first-order valence-corrected chi connectivity index (χ1v) is 8.77. The third-order valence-corrected chi connectivity index (χ3v) is 4.82. The van der Waals surface area contributed by atoms with Gasteiger partial charge in [0, 0.05) is 19.3 Å². The maximum Gasteiger partial charge on any atom is 0.411 e. The van der Waals surface area contributed by atoms with E-state index in [9.17, 15) is 0 Å². The van der Waals surface area contributed by atoms with Gasteiger partial charge in [-0.2, -0.15) is 0 Å². The Labute approximate surface area is 164 Å². The van der Waals surface area contributed by atoms with Gasteiger partial charge in [0.05, 0.1) is 19.3 Å². The number of benzene rings is 2. The van der Waals surface area contributed by atoms with Crippen molar-refractivity contribution in [3.63, 3.8) is 0 Å². The maximum atomic E-state index is 5.21. The molecule has 26 heavy (non-hydrogen) atoms. The molecule has 0 aliphatic heterocycles. The van der Waals surface area contributed by atoms with Crippen LogP contribution in [0.5, 0.6) is 5.06 Å². The molecule has 1 heterocycles. The highest BCUT2D eigenvalue weighted by Crippen LogP contribution is 2.27. The number of hydrogen-bond donors (Lipinski definition) is 0. The number of ether oxygens (including phenoxy) is 1. The molecule has 0 N–H and O–H groups in total. The normalized spacial score (nSPS) is 10.6. The van der Waals surface area contributed by atoms with E-state index in [4.69, 9.17) is 4.74 Å². The van der Waals surface area contributed by atoms with Crippen molar-refractivity contribution in [1.29, 1.82) is 0 Å². The van der Waals surface area contributed by atoms with E-state index in [1.54, 1.807) is 7.11 Å². The van der Waals surface area contributed by atoms with Crippen molar-refractivity contribution in [1.82, 2.24) is 0 Å². The number of aryl methyl sites for hydroxylation is 1. The molecule has 0 spiro atoms. The van der Waals surface area contributed by atoms with Crippen LogP contribution < -0.4 is 26.6 Å². The fourth-order valence-corrected chi connectivity index (χ4v) is 3.16. The topological polar surface area (TPSA) is 41.1 Å². The minimum atomic E-state index is 0. The second kappa shape index (κ2) is 9.31. The summed E-state index contributed by atoms with van der Waals surface area (Å²) in [4.78, 5) is 2.21. The predicted molar refractivity (Wildman–Crippen MR) is 101 cm³/mol. The number of nitrogens with zero attached hydrogens (tertiary/aromatic N) is 4. The Morgan fingerprint density at radius 1 is 1.04 bits per heavy atom. The van der Waals surface area contributed by atoms with Crippen molar-refractivity contribution < 1.29 is 21.7 Å². The second-order valence-corrected chi connectivity index (χ2v) is 6.68. The summed E-state index contributed by atoms with van der Waals surface area (Å²) in [6, 6.07) is 18.5. The van der Waals surface area contributed by atoms with E-state index >= 15 is 0 Å². The van der Waals surface area contributed by atoms with Crippen LogP contribution in [0.15, 0.2) is 71.0 Å².